The number of nitrogens with zero attached hydrogens (tertiary/aromatic N) is 3. The number of aliphatic imine (C=N–C) groups is 1. The van der Waals surface area contributed by atoms with Gasteiger partial charge in [0.05, 0.1) is 11.3 Å². The Labute approximate surface area is 116 Å². The molecule has 20 heavy (non-hydrogen) atoms. The van der Waals surface area contributed by atoms with Gasteiger partial charge in [0.1, 0.15) is 11.6 Å². The number of para-hydroxylation sites is 1. The molecule has 2 rings (SSSR count). The van der Waals surface area contributed by atoms with Crippen LogP contribution in [0.1, 0.15) is 16.7 Å². The Morgan fingerprint density at radius 1 is 1.35 bits per heavy atom. The van der Waals surface area contributed by atoms with E-state index < -0.39 is 5.56 Å². The minimum atomic E-state index is -0.514. The molecule has 1 heterocycles. The Kier molecular flexibility index (Phi) is 3.67. The zero-order valence-corrected chi connectivity index (χ0v) is 11.2. The van der Waals surface area contributed by atoms with Gasteiger partial charge in [0.15, 0.2) is 0 Å². The Morgan fingerprint density at radius 2 is 2.00 bits per heavy atom. The third kappa shape index (κ3) is 2.31. The predicted molar refractivity (Wildman–Crippen MR) is 76.5 cm³/mol. The molecule has 5 heteroatoms. The summed E-state index contributed by atoms with van der Waals surface area (Å²) in [5, 5.41) is 19.1. The van der Waals surface area contributed by atoms with Crippen LogP contribution in [-0.4, -0.2) is 15.9 Å². The van der Waals surface area contributed by atoms with Crippen LogP contribution in [0.5, 0.6) is 5.88 Å². The summed E-state index contributed by atoms with van der Waals surface area (Å²) in [5.41, 5.74) is 1.01. The van der Waals surface area contributed by atoms with E-state index in [0.29, 0.717) is 11.1 Å². The van der Waals surface area contributed by atoms with Crippen molar-refractivity contribution in [3.05, 3.63) is 57.4 Å². The molecule has 5 nitrogen and oxygen atoms in total. The monoisotopic (exact) mass is 267 g/mol. The summed E-state index contributed by atoms with van der Waals surface area (Å²) >= 11 is 0. The maximum Gasteiger partial charge on any atom is 0.271 e. The molecule has 0 saturated heterocycles. The van der Waals surface area contributed by atoms with Gasteiger partial charge in [0.2, 0.25) is 5.88 Å². The molecule has 0 radical (unpaired) electrons. The molecule has 100 valence electrons. The molecule has 0 amide bonds. The molecule has 0 atom stereocenters. The van der Waals surface area contributed by atoms with Crippen LogP contribution in [0.2, 0.25) is 0 Å². The van der Waals surface area contributed by atoms with E-state index in [9.17, 15) is 9.90 Å². The molecule has 0 aliphatic heterocycles. The SMILES string of the molecule is Cc1c(C=Nc2ccccc2)c(O)n(C)c(=O)c1C#N. The molecule has 0 bridgehead atoms. The lowest BCUT2D eigenvalue weighted by atomic mass is 10.1. The molecule has 1 N–H and O–H groups in total. The lowest BCUT2D eigenvalue weighted by Gasteiger charge is -2.09. The van der Waals surface area contributed by atoms with Gasteiger partial charge < -0.3 is 5.11 Å². The van der Waals surface area contributed by atoms with Gasteiger partial charge in [-0.2, -0.15) is 5.26 Å². The van der Waals surface area contributed by atoms with Crippen molar-refractivity contribution in [2.45, 2.75) is 6.92 Å². The standard InChI is InChI=1S/C15H13N3O2/c1-10-12(8-16)14(19)18(2)15(20)13(10)9-17-11-6-4-3-5-7-11/h3-7,9,20H,1-2H3. The summed E-state index contributed by atoms with van der Waals surface area (Å²) in [6.07, 6.45) is 1.46. The third-order valence-corrected chi connectivity index (χ3v) is 3.07. The first-order chi connectivity index (χ1) is 9.56. The highest BCUT2D eigenvalue weighted by Gasteiger charge is 2.15. The van der Waals surface area contributed by atoms with E-state index in [1.807, 2.05) is 36.4 Å². The van der Waals surface area contributed by atoms with E-state index in [1.165, 1.54) is 13.3 Å². The zero-order valence-electron chi connectivity index (χ0n) is 11.2. The van der Waals surface area contributed by atoms with Crippen molar-refractivity contribution in [1.82, 2.24) is 4.57 Å². The molecule has 1 aromatic heterocycles. The van der Waals surface area contributed by atoms with Crippen molar-refractivity contribution in [3.8, 4) is 11.9 Å². The summed E-state index contributed by atoms with van der Waals surface area (Å²) in [4.78, 5) is 16.0. The van der Waals surface area contributed by atoms with Gasteiger partial charge >= 0.3 is 0 Å². The van der Waals surface area contributed by atoms with Crippen LogP contribution < -0.4 is 5.56 Å². The van der Waals surface area contributed by atoms with Gasteiger partial charge in [0.25, 0.3) is 5.56 Å². The smallest absolute Gasteiger partial charge is 0.271 e. The lowest BCUT2D eigenvalue weighted by Crippen LogP contribution is -2.22. The Hall–Kier alpha value is -2.87. The number of aromatic nitrogens is 1. The summed E-state index contributed by atoms with van der Waals surface area (Å²) in [5.74, 6) is -0.203. The Balaban J connectivity index is 2.59. The van der Waals surface area contributed by atoms with Crippen molar-refractivity contribution in [2.75, 3.05) is 0 Å². The van der Waals surface area contributed by atoms with Crippen LogP contribution in [0.15, 0.2) is 40.1 Å². The number of hydrogen-bond acceptors (Lipinski definition) is 4. The highest BCUT2D eigenvalue weighted by Crippen LogP contribution is 2.20. The van der Waals surface area contributed by atoms with Gasteiger partial charge in [-0.1, -0.05) is 18.2 Å². The van der Waals surface area contributed by atoms with Crippen LogP contribution >= 0.6 is 0 Å². The average Bonchev–Trinajstić information content (AvgIpc) is 2.47. The van der Waals surface area contributed by atoms with Crippen LogP contribution in [0.25, 0.3) is 0 Å². The molecular weight excluding hydrogens is 254 g/mol. The first-order valence-corrected chi connectivity index (χ1v) is 5.98. The largest absolute Gasteiger partial charge is 0.494 e. The minimum Gasteiger partial charge on any atom is -0.494 e. The van der Waals surface area contributed by atoms with E-state index in [0.717, 1.165) is 10.3 Å². The number of aromatic hydroxyl groups is 1. The fourth-order valence-corrected chi connectivity index (χ4v) is 1.85. The summed E-state index contributed by atoms with van der Waals surface area (Å²) in [6.45, 7) is 1.62. The van der Waals surface area contributed by atoms with Crippen molar-refractivity contribution in [2.24, 2.45) is 12.0 Å². The molecule has 0 spiro atoms. The highest BCUT2D eigenvalue weighted by atomic mass is 16.3. The van der Waals surface area contributed by atoms with Gasteiger partial charge in [-0.15, -0.1) is 0 Å². The first kappa shape index (κ1) is 13.6. The fraction of sp³-hybridized carbons (Fsp3) is 0.133. The second kappa shape index (κ2) is 5.41. The van der Waals surface area contributed by atoms with Crippen molar-refractivity contribution in [3.63, 3.8) is 0 Å². The summed E-state index contributed by atoms with van der Waals surface area (Å²) in [6, 6.07) is 11.1. The first-order valence-electron chi connectivity index (χ1n) is 5.98. The van der Waals surface area contributed by atoms with Crippen LogP contribution in [-0.2, 0) is 7.05 Å². The number of hydrogen-bond donors (Lipinski definition) is 1. The average molecular weight is 267 g/mol. The number of rotatable bonds is 2. The molecule has 0 aliphatic carbocycles. The maximum atomic E-state index is 11.8. The van der Waals surface area contributed by atoms with Gasteiger partial charge in [-0.05, 0) is 24.6 Å². The fourth-order valence-electron chi connectivity index (χ4n) is 1.85. The molecule has 1 aromatic carbocycles. The third-order valence-electron chi connectivity index (χ3n) is 3.07. The normalized spacial score (nSPS) is 10.7. The molecule has 0 saturated carbocycles. The van der Waals surface area contributed by atoms with Crippen molar-refractivity contribution >= 4 is 11.9 Å². The van der Waals surface area contributed by atoms with Gasteiger partial charge in [0, 0.05) is 13.3 Å². The quantitative estimate of drug-likeness (QED) is 0.845. The zero-order chi connectivity index (χ0) is 14.7. The van der Waals surface area contributed by atoms with Crippen molar-refractivity contribution in [1.29, 1.82) is 5.26 Å². The molecular formula is C15H13N3O2. The van der Waals surface area contributed by atoms with Crippen LogP contribution in [0.4, 0.5) is 5.69 Å². The predicted octanol–water partition coefficient (Wildman–Crippen LogP) is 2.02. The van der Waals surface area contributed by atoms with E-state index in [-0.39, 0.29) is 11.4 Å². The van der Waals surface area contributed by atoms with E-state index >= 15 is 0 Å². The Bertz CT molecular complexity index is 768. The summed E-state index contributed by atoms with van der Waals surface area (Å²) in [7, 11) is 1.41. The van der Waals surface area contributed by atoms with Gasteiger partial charge in [-0.3, -0.25) is 14.4 Å². The van der Waals surface area contributed by atoms with E-state index in [4.69, 9.17) is 5.26 Å². The second-order valence-electron chi connectivity index (χ2n) is 4.31. The van der Waals surface area contributed by atoms with E-state index in [1.54, 1.807) is 6.92 Å². The lowest BCUT2D eigenvalue weighted by molar-refractivity contribution is 0.421. The highest BCUT2D eigenvalue weighted by molar-refractivity contribution is 5.87. The minimum absolute atomic E-state index is 0.0137. The number of pyridine rings is 1. The van der Waals surface area contributed by atoms with Crippen molar-refractivity contribution < 1.29 is 5.11 Å². The van der Waals surface area contributed by atoms with Crippen LogP contribution in [0.3, 0.4) is 0 Å². The Morgan fingerprint density at radius 3 is 2.60 bits per heavy atom. The molecule has 0 aliphatic rings. The maximum absolute atomic E-state index is 11.8. The van der Waals surface area contributed by atoms with E-state index in [2.05, 4.69) is 4.99 Å². The molecule has 2 aromatic rings. The van der Waals surface area contributed by atoms with Crippen LogP contribution in [0, 0.1) is 18.3 Å². The molecule has 0 unspecified atom stereocenters. The topological polar surface area (TPSA) is 78.4 Å². The second-order valence-corrected chi connectivity index (χ2v) is 4.31. The number of nitriles is 1. The van der Waals surface area contributed by atoms with Gasteiger partial charge in [-0.25, -0.2) is 0 Å². The summed E-state index contributed by atoms with van der Waals surface area (Å²) < 4.78 is 1.04. The number of benzene rings is 1. The molecule has 0 fully saturated rings.